The number of aromatic nitrogens is 1. The van der Waals surface area contributed by atoms with Crippen molar-refractivity contribution in [2.75, 3.05) is 13.1 Å². The molecule has 1 unspecified atom stereocenters. The standard InChI is InChI=1S/C34H42FN3O3/c1-24(18-25-8-3-2-4-9-25)33(40)37-16-14-34(41,15-17-37)23-38-22-30(27-11-7-10-26(19-27)21-36)29(20-32(38)39)28-12-5-6-13-31(28)35/h5-7,10-13,19-20,22,24-25,41H,2-4,8-9,14-18,21,23,36H2,1H3. The van der Waals surface area contributed by atoms with Crippen LogP contribution < -0.4 is 11.3 Å². The summed E-state index contributed by atoms with van der Waals surface area (Å²) < 4.78 is 16.4. The van der Waals surface area contributed by atoms with Crippen LogP contribution in [-0.2, 0) is 17.9 Å². The summed E-state index contributed by atoms with van der Waals surface area (Å²) in [5, 5.41) is 11.5. The van der Waals surface area contributed by atoms with Crippen LogP contribution >= 0.6 is 0 Å². The van der Waals surface area contributed by atoms with E-state index in [1.165, 1.54) is 48.8 Å². The van der Waals surface area contributed by atoms with Crippen molar-refractivity contribution in [2.45, 2.75) is 77.0 Å². The minimum atomic E-state index is -1.12. The van der Waals surface area contributed by atoms with Crippen molar-refractivity contribution in [3.05, 3.63) is 82.5 Å². The number of pyridine rings is 1. The summed E-state index contributed by atoms with van der Waals surface area (Å²) in [6.07, 6.45) is 9.74. The molecule has 218 valence electrons. The fourth-order valence-electron chi connectivity index (χ4n) is 6.65. The van der Waals surface area contributed by atoms with Crippen molar-refractivity contribution in [3.8, 4) is 22.3 Å². The second-order valence-corrected chi connectivity index (χ2v) is 12.1. The summed E-state index contributed by atoms with van der Waals surface area (Å²) >= 11 is 0. The SMILES string of the molecule is CC(CC1CCCCC1)C(=O)N1CCC(O)(Cn2cc(-c3cccc(CN)c3)c(-c3ccccc3F)cc2=O)CC1. The quantitative estimate of drug-likeness (QED) is 0.368. The normalized spacial score (nSPS) is 18.3. The molecule has 1 aliphatic carbocycles. The highest BCUT2D eigenvalue weighted by molar-refractivity contribution is 5.83. The molecular formula is C34H42FN3O3. The maximum atomic E-state index is 14.9. The number of hydrogen-bond acceptors (Lipinski definition) is 4. The van der Waals surface area contributed by atoms with E-state index >= 15 is 0 Å². The fourth-order valence-corrected chi connectivity index (χ4v) is 6.65. The van der Waals surface area contributed by atoms with Crippen LogP contribution in [0.1, 0.15) is 63.9 Å². The summed E-state index contributed by atoms with van der Waals surface area (Å²) in [5.74, 6) is 0.397. The number of piperidine rings is 1. The Balaban J connectivity index is 1.35. The Kier molecular flexibility index (Phi) is 9.05. The third-order valence-corrected chi connectivity index (χ3v) is 9.07. The summed E-state index contributed by atoms with van der Waals surface area (Å²) in [6.45, 7) is 3.44. The first kappa shape index (κ1) is 29.2. The number of amides is 1. The zero-order valence-electron chi connectivity index (χ0n) is 24.0. The van der Waals surface area contributed by atoms with E-state index in [0.717, 1.165) is 17.5 Å². The van der Waals surface area contributed by atoms with Gasteiger partial charge in [0.2, 0.25) is 5.91 Å². The molecule has 7 heteroatoms. The number of carbonyl (C=O) groups excluding carboxylic acids is 1. The van der Waals surface area contributed by atoms with Crippen molar-refractivity contribution >= 4 is 5.91 Å². The molecule has 1 atom stereocenters. The van der Waals surface area contributed by atoms with Gasteiger partial charge in [0, 0.05) is 48.9 Å². The predicted octanol–water partition coefficient (Wildman–Crippen LogP) is 5.74. The Labute approximate surface area is 242 Å². The van der Waals surface area contributed by atoms with Crippen LogP contribution in [0.15, 0.2) is 65.6 Å². The van der Waals surface area contributed by atoms with Crippen LogP contribution in [-0.4, -0.2) is 39.2 Å². The van der Waals surface area contributed by atoms with Crippen molar-refractivity contribution in [1.82, 2.24) is 9.47 Å². The smallest absolute Gasteiger partial charge is 0.251 e. The van der Waals surface area contributed by atoms with Crippen LogP contribution in [0.2, 0.25) is 0 Å². The molecule has 41 heavy (non-hydrogen) atoms. The van der Waals surface area contributed by atoms with Crippen LogP contribution in [0.4, 0.5) is 4.39 Å². The van der Waals surface area contributed by atoms with Gasteiger partial charge in [-0.1, -0.05) is 75.4 Å². The Morgan fingerprint density at radius 3 is 2.46 bits per heavy atom. The molecule has 2 aromatic carbocycles. The maximum Gasteiger partial charge on any atom is 0.251 e. The number of nitrogens with zero attached hydrogens (tertiary/aromatic N) is 2. The largest absolute Gasteiger partial charge is 0.388 e. The van der Waals surface area contributed by atoms with Crippen molar-refractivity contribution in [1.29, 1.82) is 0 Å². The molecule has 1 aromatic heterocycles. The summed E-state index contributed by atoms with van der Waals surface area (Å²) in [7, 11) is 0. The zero-order chi connectivity index (χ0) is 29.0. The van der Waals surface area contributed by atoms with Gasteiger partial charge in [-0.05, 0) is 54.0 Å². The second kappa shape index (κ2) is 12.7. The van der Waals surface area contributed by atoms with Gasteiger partial charge in [-0.25, -0.2) is 4.39 Å². The topological polar surface area (TPSA) is 88.6 Å². The third kappa shape index (κ3) is 6.79. The van der Waals surface area contributed by atoms with Gasteiger partial charge in [0.1, 0.15) is 5.82 Å². The first-order chi connectivity index (χ1) is 19.8. The van der Waals surface area contributed by atoms with E-state index in [-0.39, 0.29) is 23.9 Å². The lowest BCUT2D eigenvalue weighted by molar-refractivity contribution is -0.140. The molecule has 3 aromatic rings. The van der Waals surface area contributed by atoms with Gasteiger partial charge < -0.3 is 20.3 Å². The number of likely N-dealkylation sites (tertiary alicyclic amines) is 1. The highest BCUT2D eigenvalue weighted by atomic mass is 19.1. The van der Waals surface area contributed by atoms with Crippen LogP contribution in [0.3, 0.4) is 0 Å². The van der Waals surface area contributed by atoms with Crippen molar-refractivity contribution < 1.29 is 14.3 Å². The highest BCUT2D eigenvalue weighted by Crippen LogP contribution is 2.34. The average molecular weight is 560 g/mol. The minimum Gasteiger partial charge on any atom is -0.388 e. The van der Waals surface area contributed by atoms with Gasteiger partial charge in [-0.2, -0.15) is 0 Å². The Morgan fingerprint density at radius 2 is 1.76 bits per heavy atom. The number of aliphatic hydroxyl groups is 1. The van der Waals surface area contributed by atoms with Gasteiger partial charge in [0.15, 0.2) is 0 Å². The lowest BCUT2D eigenvalue weighted by atomic mass is 9.82. The van der Waals surface area contributed by atoms with E-state index < -0.39 is 11.4 Å². The van der Waals surface area contributed by atoms with Gasteiger partial charge >= 0.3 is 0 Å². The molecule has 0 radical (unpaired) electrons. The number of hydrogen-bond donors (Lipinski definition) is 2. The van der Waals surface area contributed by atoms with Crippen molar-refractivity contribution in [2.24, 2.45) is 17.6 Å². The molecule has 1 aliphatic heterocycles. The minimum absolute atomic E-state index is 0.00955. The number of nitrogens with two attached hydrogens (primary N) is 1. The number of rotatable bonds is 8. The summed E-state index contributed by atoms with van der Waals surface area (Å²) in [6, 6.07) is 15.6. The monoisotopic (exact) mass is 559 g/mol. The average Bonchev–Trinajstić information content (AvgIpc) is 2.99. The molecule has 5 rings (SSSR count). The number of halogens is 1. The molecule has 0 bridgehead atoms. The van der Waals surface area contributed by atoms with E-state index in [9.17, 15) is 19.1 Å². The van der Waals surface area contributed by atoms with Gasteiger partial charge in [0.05, 0.1) is 12.1 Å². The lowest BCUT2D eigenvalue weighted by Crippen LogP contribution is -2.50. The maximum absolute atomic E-state index is 14.9. The van der Waals surface area contributed by atoms with Crippen LogP contribution in [0, 0.1) is 17.7 Å². The Morgan fingerprint density at radius 1 is 1.02 bits per heavy atom. The van der Waals surface area contributed by atoms with Crippen LogP contribution in [0.5, 0.6) is 0 Å². The molecule has 6 nitrogen and oxygen atoms in total. The van der Waals surface area contributed by atoms with E-state index in [4.69, 9.17) is 5.73 Å². The van der Waals surface area contributed by atoms with E-state index in [1.54, 1.807) is 24.4 Å². The first-order valence-corrected chi connectivity index (χ1v) is 15.1. The van der Waals surface area contributed by atoms with Crippen LogP contribution in [0.25, 0.3) is 22.3 Å². The first-order valence-electron chi connectivity index (χ1n) is 15.1. The molecule has 0 spiro atoms. The number of benzene rings is 2. The van der Waals surface area contributed by atoms with Gasteiger partial charge in [-0.3, -0.25) is 9.59 Å². The molecule has 2 heterocycles. The Hall–Kier alpha value is -3.29. The van der Waals surface area contributed by atoms with Gasteiger partial charge in [0.25, 0.3) is 5.56 Å². The Bertz CT molecular complexity index is 1420. The second-order valence-electron chi connectivity index (χ2n) is 12.1. The zero-order valence-corrected chi connectivity index (χ0v) is 24.0. The highest BCUT2D eigenvalue weighted by Gasteiger charge is 2.36. The van der Waals surface area contributed by atoms with E-state index in [2.05, 4.69) is 0 Å². The molecule has 2 fully saturated rings. The lowest BCUT2D eigenvalue weighted by Gasteiger charge is -2.39. The molecule has 2 aliphatic rings. The molecular weight excluding hydrogens is 517 g/mol. The van der Waals surface area contributed by atoms with Crippen molar-refractivity contribution in [3.63, 3.8) is 0 Å². The van der Waals surface area contributed by atoms with Gasteiger partial charge in [-0.15, -0.1) is 0 Å². The van der Waals surface area contributed by atoms with E-state index in [1.807, 2.05) is 36.1 Å². The number of carbonyl (C=O) groups is 1. The summed E-state index contributed by atoms with van der Waals surface area (Å²) in [5.41, 5.74) is 7.73. The molecule has 1 saturated carbocycles. The fraction of sp³-hybridized carbons (Fsp3) is 0.471. The molecule has 3 N–H and O–H groups in total. The molecule has 1 saturated heterocycles. The molecule has 1 amide bonds. The third-order valence-electron chi connectivity index (χ3n) is 9.07. The van der Waals surface area contributed by atoms with E-state index in [0.29, 0.717) is 55.1 Å². The summed E-state index contributed by atoms with van der Waals surface area (Å²) in [4.78, 5) is 28.4. The predicted molar refractivity (Wildman–Crippen MR) is 161 cm³/mol.